The second-order valence-corrected chi connectivity index (χ2v) is 3.09. The summed E-state index contributed by atoms with van der Waals surface area (Å²) < 4.78 is 0. The first-order chi connectivity index (χ1) is 2.63. The van der Waals surface area contributed by atoms with Crippen molar-refractivity contribution in [1.29, 1.82) is 0 Å². The second kappa shape index (κ2) is 0.800. The minimum Gasteiger partial charge on any atom is -0.0620 e. The van der Waals surface area contributed by atoms with E-state index in [1.807, 2.05) is 0 Å². The normalized spacial score (nSPS) is 39.5. The van der Waals surface area contributed by atoms with Gasteiger partial charge in [-0.3, -0.25) is 0 Å². The Kier molecular flexibility index (Phi) is 0.556. The van der Waals surface area contributed by atoms with Crippen molar-refractivity contribution in [2.24, 2.45) is 11.3 Å². The summed E-state index contributed by atoms with van der Waals surface area (Å²) in [4.78, 5) is 0. The molecule has 0 saturated heterocycles. The molecule has 6 heavy (non-hydrogen) atoms. The third-order valence-corrected chi connectivity index (χ3v) is 2.01. The molecule has 1 fully saturated rings. The van der Waals surface area contributed by atoms with Crippen LogP contribution in [0.2, 0.25) is 0 Å². The molecule has 0 bridgehead atoms. The van der Waals surface area contributed by atoms with E-state index >= 15 is 0 Å². The fraction of sp³-hybridized carbons (Fsp3) is 1.00. The van der Waals surface area contributed by atoms with Crippen LogP contribution in [0.25, 0.3) is 0 Å². The van der Waals surface area contributed by atoms with Crippen LogP contribution in [0, 0.1) is 11.3 Å². The summed E-state index contributed by atoms with van der Waals surface area (Å²) in [6.07, 6.45) is 1.44. The Labute approximate surface area is 39.6 Å². The summed E-state index contributed by atoms with van der Waals surface area (Å²) in [6.45, 7) is 6.94. The quantitative estimate of drug-likeness (QED) is 0.421. The van der Waals surface area contributed by atoms with Crippen molar-refractivity contribution in [2.45, 2.75) is 27.2 Å². The van der Waals surface area contributed by atoms with Gasteiger partial charge in [-0.15, -0.1) is 0 Å². The highest BCUT2D eigenvalue weighted by Gasteiger charge is 2.41. The van der Waals surface area contributed by atoms with Crippen LogP contribution in [0.15, 0.2) is 0 Å². The van der Waals surface area contributed by atoms with Crippen molar-refractivity contribution in [3.05, 3.63) is 0 Å². The van der Waals surface area contributed by atoms with Crippen LogP contribution in [0.1, 0.15) is 27.2 Å². The molecule has 0 spiro atoms. The molecule has 1 unspecified atom stereocenters. The van der Waals surface area contributed by atoms with Gasteiger partial charge in [-0.1, -0.05) is 20.8 Å². The molecule has 0 amide bonds. The van der Waals surface area contributed by atoms with Gasteiger partial charge in [0.2, 0.25) is 0 Å². The highest BCUT2D eigenvalue weighted by atomic mass is 14.5. The third-order valence-electron chi connectivity index (χ3n) is 2.01. The third kappa shape index (κ3) is 0.444. The molecule has 0 nitrogen and oxygen atoms in total. The monoisotopic (exact) mass is 84.1 g/mol. The molecule has 0 aliphatic heterocycles. The largest absolute Gasteiger partial charge is 0.0620 e. The maximum Gasteiger partial charge on any atom is -0.0326 e. The van der Waals surface area contributed by atoms with Gasteiger partial charge in [-0.2, -0.15) is 0 Å². The Morgan fingerprint density at radius 1 is 1.50 bits per heavy atom. The van der Waals surface area contributed by atoms with E-state index < -0.39 is 0 Å². The van der Waals surface area contributed by atoms with Gasteiger partial charge in [0.1, 0.15) is 0 Å². The van der Waals surface area contributed by atoms with E-state index in [1.54, 1.807) is 0 Å². The summed E-state index contributed by atoms with van der Waals surface area (Å²) >= 11 is 0. The molecule has 1 aliphatic carbocycles. The second-order valence-electron chi connectivity index (χ2n) is 3.09. The zero-order valence-electron chi connectivity index (χ0n) is 4.78. The summed E-state index contributed by atoms with van der Waals surface area (Å²) in [5.74, 6) is 0.998. The topological polar surface area (TPSA) is 0 Å². The predicted octanol–water partition coefficient (Wildman–Crippen LogP) is 2.05. The lowest BCUT2D eigenvalue weighted by atomic mass is 10.1. The standard InChI is InChI=1S/C6H12/c1-5-4-6(5,2)3/h5H,4H2,1-3H3. The van der Waals surface area contributed by atoms with Gasteiger partial charge in [0.25, 0.3) is 0 Å². The van der Waals surface area contributed by atoms with Crippen molar-refractivity contribution in [2.75, 3.05) is 0 Å². The SMILES string of the molecule is CC1CC1(C)C. The summed E-state index contributed by atoms with van der Waals surface area (Å²) in [6, 6.07) is 0. The van der Waals surface area contributed by atoms with Gasteiger partial charge >= 0.3 is 0 Å². The fourth-order valence-electron chi connectivity index (χ4n) is 0.730. The summed E-state index contributed by atoms with van der Waals surface area (Å²) in [5, 5.41) is 0. The molecule has 0 aromatic carbocycles. The van der Waals surface area contributed by atoms with E-state index in [0.29, 0.717) is 5.41 Å². The Hall–Kier alpha value is 0. The van der Waals surface area contributed by atoms with Crippen LogP contribution < -0.4 is 0 Å². The first kappa shape index (κ1) is 4.17. The molecule has 0 heterocycles. The number of hydrogen-bond acceptors (Lipinski definition) is 0. The molecule has 0 aromatic heterocycles. The zero-order valence-corrected chi connectivity index (χ0v) is 4.78. The minimum atomic E-state index is 0.708. The van der Waals surface area contributed by atoms with Gasteiger partial charge in [0, 0.05) is 0 Å². The summed E-state index contributed by atoms with van der Waals surface area (Å²) in [7, 11) is 0. The highest BCUT2D eigenvalue weighted by Crippen LogP contribution is 2.50. The fourth-order valence-corrected chi connectivity index (χ4v) is 0.730. The molecular formula is C6H12. The molecule has 0 aromatic rings. The number of rotatable bonds is 0. The van der Waals surface area contributed by atoms with Gasteiger partial charge in [-0.05, 0) is 17.8 Å². The maximum absolute atomic E-state index is 2.32. The average Bonchev–Trinajstić information content (AvgIpc) is 1.73. The molecule has 0 heteroatoms. The van der Waals surface area contributed by atoms with E-state index in [0.717, 1.165) is 5.92 Å². The van der Waals surface area contributed by atoms with E-state index in [2.05, 4.69) is 20.8 Å². The van der Waals surface area contributed by atoms with Crippen molar-refractivity contribution < 1.29 is 0 Å². The lowest BCUT2D eigenvalue weighted by Gasteiger charge is -1.91. The molecule has 0 radical (unpaired) electrons. The average molecular weight is 84.2 g/mol. The van der Waals surface area contributed by atoms with E-state index in [1.165, 1.54) is 6.42 Å². The molecular weight excluding hydrogens is 72.1 g/mol. The molecule has 0 N–H and O–H groups in total. The Morgan fingerprint density at radius 2 is 1.67 bits per heavy atom. The van der Waals surface area contributed by atoms with Crippen LogP contribution >= 0.6 is 0 Å². The van der Waals surface area contributed by atoms with Crippen LogP contribution in [-0.4, -0.2) is 0 Å². The van der Waals surface area contributed by atoms with Gasteiger partial charge in [0.05, 0.1) is 0 Å². The van der Waals surface area contributed by atoms with Crippen LogP contribution in [0.5, 0.6) is 0 Å². The van der Waals surface area contributed by atoms with Crippen LogP contribution in [0.3, 0.4) is 0 Å². The maximum atomic E-state index is 2.32. The van der Waals surface area contributed by atoms with Crippen molar-refractivity contribution in [3.63, 3.8) is 0 Å². The van der Waals surface area contributed by atoms with Crippen molar-refractivity contribution in [1.82, 2.24) is 0 Å². The predicted molar refractivity (Wildman–Crippen MR) is 27.6 cm³/mol. The van der Waals surface area contributed by atoms with E-state index in [4.69, 9.17) is 0 Å². The first-order valence-corrected chi connectivity index (χ1v) is 2.63. The van der Waals surface area contributed by atoms with Gasteiger partial charge in [-0.25, -0.2) is 0 Å². The molecule has 36 valence electrons. The van der Waals surface area contributed by atoms with Crippen LogP contribution in [-0.2, 0) is 0 Å². The smallest absolute Gasteiger partial charge is 0.0326 e. The first-order valence-electron chi connectivity index (χ1n) is 2.63. The Morgan fingerprint density at radius 3 is 1.67 bits per heavy atom. The zero-order chi connectivity index (χ0) is 4.78. The van der Waals surface area contributed by atoms with E-state index in [9.17, 15) is 0 Å². The minimum absolute atomic E-state index is 0.708. The van der Waals surface area contributed by atoms with Gasteiger partial charge in [0.15, 0.2) is 0 Å². The Bertz CT molecular complexity index is 62.4. The highest BCUT2D eigenvalue weighted by molar-refractivity contribution is 4.91. The molecule has 1 atom stereocenters. The van der Waals surface area contributed by atoms with Gasteiger partial charge < -0.3 is 0 Å². The lowest BCUT2D eigenvalue weighted by molar-refractivity contribution is 0.586. The Balaban J connectivity index is 2.41. The molecule has 1 saturated carbocycles. The van der Waals surface area contributed by atoms with E-state index in [-0.39, 0.29) is 0 Å². The van der Waals surface area contributed by atoms with Crippen molar-refractivity contribution >= 4 is 0 Å². The van der Waals surface area contributed by atoms with Crippen molar-refractivity contribution in [3.8, 4) is 0 Å². The van der Waals surface area contributed by atoms with Crippen LogP contribution in [0.4, 0.5) is 0 Å². The number of hydrogen-bond donors (Lipinski definition) is 0. The summed E-state index contributed by atoms with van der Waals surface area (Å²) in [5.41, 5.74) is 0.708. The molecule has 1 aliphatic rings. The molecule has 1 rings (SSSR count). The lowest BCUT2D eigenvalue weighted by Crippen LogP contribution is -1.82.